The van der Waals surface area contributed by atoms with Gasteiger partial charge in [-0.25, -0.2) is 4.79 Å². The second-order valence-electron chi connectivity index (χ2n) is 5.15. The number of carbonyl (C=O) groups excluding carboxylic acids is 1. The van der Waals surface area contributed by atoms with Gasteiger partial charge in [0.2, 0.25) is 0 Å². The zero-order valence-electron chi connectivity index (χ0n) is 12.4. The molecule has 1 N–H and O–H groups in total. The van der Waals surface area contributed by atoms with E-state index in [4.69, 9.17) is 9.15 Å². The van der Waals surface area contributed by atoms with Crippen molar-refractivity contribution in [3.05, 3.63) is 40.2 Å². The summed E-state index contributed by atoms with van der Waals surface area (Å²) in [6, 6.07) is 3.90. The number of alkyl halides is 3. The van der Waals surface area contributed by atoms with E-state index >= 15 is 0 Å². The molecule has 0 unspecified atom stereocenters. The Labute approximate surface area is 129 Å². The third-order valence-electron chi connectivity index (χ3n) is 2.84. The third kappa shape index (κ3) is 4.24. The SMILES string of the molecule is CC(C)NC(=O)COc1ccc2c(C(F)(F)F)cc(=O)oc2c1. The fourth-order valence-electron chi connectivity index (χ4n) is 1.98. The molecule has 0 radical (unpaired) electrons. The van der Waals surface area contributed by atoms with Crippen molar-refractivity contribution in [2.24, 2.45) is 0 Å². The Hall–Kier alpha value is -2.51. The Balaban J connectivity index is 2.29. The monoisotopic (exact) mass is 329 g/mol. The third-order valence-corrected chi connectivity index (χ3v) is 2.84. The summed E-state index contributed by atoms with van der Waals surface area (Å²) in [5, 5.41) is 2.35. The normalized spacial score (nSPS) is 11.7. The molecule has 0 fully saturated rings. The molecule has 1 amide bonds. The molecule has 0 atom stereocenters. The van der Waals surface area contributed by atoms with Gasteiger partial charge in [0.25, 0.3) is 5.91 Å². The van der Waals surface area contributed by atoms with Gasteiger partial charge in [0, 0.05) is 23.6 Å². The van der Waals surface area contributed by atoms with Crippen molar-refractivity contribution in [1.29, 1.82) is 0 Å². The fourth-order valence-corrected chi connectivity index (χ4v) is 1.98. The second-order valence-corrected chi connectivity index (χ2v) is 5.15. The van der Waals surface area contributed by atoms with Crippen LogP contribution in [0.3, 0.4) is 0 Å². The summed E-state index contributed by atoms with van der Waals surface area (Å²) in [7, 11) is 0. The Morgan fingerprint density at radius 2 is 2.00 bits per heavy atom. The summed E-state index contributed by atoms with van der Waals surface area (Å²) in [5.41, 5.74) is -2.45. The van der Waals surface area contributed by atoms with E-state index in [1.54, 1.807) is 13.8 Å². The van der Waals surface area contributed by atoms with Crippen molar-refractivity contribution >= 4 is 16.9 Å². The Morgan fingerprint density at radius 1 is 1.30 bits per heavy atom. The summed E-state index contributed by atoms with van der Waals surface area (Å²) >= 11 is 0. The van der Waals surface area contributed by atoms with Crippen molar-refractivity contribution in [3.8, 4) is 5.75 Å². The maximum atomic E-state index is 12.9. The fraction of sp³-hybridized carbons (Fsp3) is 0.333. The molecule has 1 heterocycles. The van der Waals surface area contributed by atoms with Crippen molar-refractivity contribution in [2.75, 3.05) is 6.61 Å². The van der Waals surface area contributed by atoms with Crippen LogP contribution in [0.5, 0.6) is 5.75 Å². The molecule has 0 bridgehead atoms. The van der Waals surface area contributed by atoms with Crippen LogP contribution in [0.4, 0.5) is 13.2 Å². The van der Waals surface area contributed by atoms with Gasteiger partial charge in [-0.2, -0.15) is 13.2 Å². The highest BCUT2D eigenvalue weighted by molar-refractivity contribution is 5.82. The largest absolute Gasteiger partial charge is 0.484 e. The molecule has 23 heavy (non-hydrogen) atoms. The lowest BCUT2D eigenvalue weighted by atomic mass is 10.1. The van der Waals surface area contributed by atoms with Gasteiger partial charge in [0.15, 0.2) is 6.61 Å². The van der Waals surface area contributed by atoms with Crippen LogP contribution in [0, 0.1) is 0 Å². The molecule has 5 nitrogen and oxygen atoms in total. The van der Waals surface area contributed by atoms with Gasteiger partial charge < -0.3 is 14.5 Å². The highest BCUT2D eigenvalue weighted by atomic mass is 19.4. The molecule has 0 saturated carbocycles. The van der Waals surface area contributed by atoms with Crippen LogP contribution in [0.1, 0.15) is 19.4 Å². The summed E-state index contributed by atoms with van der Waals surface area (Å²) in [5.74, 6) is -0.246. The molecule has 1 aromatic carbocycles. The smallest absolute Gasteiger partial charge is 0.417 e. The lowest BCUT2D eigenvalue weighted by Gasteiger charge is -2.11. The molecule has 124 valence electrons. The second kappa shape index (κ2) is 6.31. The van der Waals surface area contributed by atoms with Gasteiger partial charge in [-0.15, -0.1) is 0 Å². The summed E-state index contributed by atoms with van der Waals surface area (Å²) in [6.45, 7) is 3.26. The van der Waals surface area contributed by atoms with E-state index in [2.05, 4.69) is 5.32 Å². The first-order valence-electron chi connectivity index (χ1n) is 6.74. The maximum Gasteiger partial charge on any atom is 0.417 e. The lowest BCUT2D eigenvalue weighted by molar-refractivity contribution is -0.136. The van der Waals surface area contributed by atoms with Crippen molar-refractivity contribution in [3.63, 3.8) is 0 Å². The first-order valence-corrected chi connectivity index (χ1v) is 6.74. The minimum absolute atomic E-state index is 0.0601. The van der Waals surface area contributed by atoms with E-state index in [1.165, 1.54) is 6.07 Å². The van der Waals surface area contributed by atoms with Crippen molar-refractivity contribution in [1.82, 2.24) is 5.32 Å². The van der Waals surface area contributed by atoms with Gasteiger partial charge in [-0.1, -0.05) is 0 Å². The van der Waals surface area contributed by atoms with E-state index in [-0.39, 0.29) is 35.3 Å². The lowest BCUT2D eigenvalue weighted by Crippen LogP contribution is -2.34. The number of benzene rings is 1. The molecule has 1 aromatic heterocycles. The van der Waals surface area contributed by atoms with Crippen LogP contribution in [0.15, 0.2) is 33.5 Å². The van der Waals surface area contributed by atoms with Gasteiger partial charge in [0.1, 0.15) is 11.3 Å². The predicted molar refractivity (Wildman–Crippen MR) is 76.3 cm³/mol. The zero-order chi connectivity index (χ0) is 17.2. The Morgan fingerprint density at radius 3 is 2.61 bits per heavy atom. The average Bonchev–Trinajstić information content (AvgIpc) is 2.42. The van der Waals surface area contributed by atoms with E-state index in [0.29, 0.717) is 6.07 Å². The first kappa shape index (κ1) is 16.9. The number of halogens is 3. The first-order chi connectivity index (χ1) is 10.7. The van der Waals surface area contributed by atoms with E-state index < -0.39 is 17.4 Å². The number of hydrogen-bond donors (Lipinski definition) is 1. The predicted octanol–water partition coefficient (Wildman–Crippen LogP) is 2.72. The highest BCUT2D eigenvalue weighted by Gasteiger charge is 2.33. The number of carbonyl (C=O) groups is 1. The minimum Gasteiger partial charge on any atom is -0.484 e. The van der Waals surface area contributed by atoms with Crippen LogP contribution in [0.2, 0.25) is 0 Å². The summed E-state index contributed by atoms with van der Waals surface area (Å²) in [6.07, 6.45) is -4.67. The maximum absolute atomic E-state index is 12.9. The highest BCUT2D eigenvalue weighted by Crippen LogP contribution is 2.34. The number of amides is 1. The number of nitrogens with one attached hydrogen (secondary N) is 1. The van der Waals surface area contributed by atoms with Crippen LogP contribution in [-0.2, 0) is 11.0 Å². The van der Waals surface area contributed by atoms with E-state index in [9.17, 15) is 22.8 Å². The molecular weight excluding hydrogens is 315 g/mol. The van der Waals surface area contributed by atoms with Gasteiger partial charge in [-0.3, -0.25) is 4.79 Å². The molecule has 2 aromatic rings. The molecule has 0 aliphatic carbocycles. The molecule has 0 spiro atoms. The Bertz CT molecular complexity index is 780. The molecule has 0 aliphatic rings. The average molecular weight is 329 g/mol. The topological polar surface area (TPSA) is 68.5 Å². The number of ether oxygens (including phenoxy) is 1. The number of fused-ring (bicyclic) bond motifs is 1. The molecule has 0 aliphatic heterocycles. The standard InChI is InChI=1S/C15H14F3NO4/c1-8(2)19-13(20)7-22-9-3-4-10-11(15(16,17)18)6-14(21)23-12(10)5-9/h3-6,8H,7H2,1-2H3,(H,19,20). The summed E-state index contributed by atoms with van der Waals surface area (Å²) < 4.78 is 48.7. The van der Waals surface area contributed by atoms with Crippen molar-refractivity contribution in [2.45, 2.75) is 26.1 Å². The Kier molecular flexibility index (Phi) is 4.63. The summed E-state index contributed by atoms with van der Waals surface area (Å²) in [4.78, 5) is 22.7. The van der Waals surface area contributed by atoms with Crippen molar-refractivity contribution < 1.29 is 27.1 Å². The van der Waals surface area contributed by atoms with Crippen LogP contribution in [0.25, 0.3) is 11.0 Å². The van der Waals surface area contributed by atoms with E-state index in [0.717, 1.165) is 12.1 Å². The molecule has 2 rings (SSSR count). The molecule has 8 heteroatoms. The van der Waals surface area contributed by atoms with Gasteiger partial charge >= 0.3 is 11.8 Å². The van der Waals surface area contributed by atoms with Crippen LogP contribution >= 0.6 is 0 Å². The van der Waals surface area contributed by atoms with E-state index in [1.807, 2.05) is 0 Å². The van der Waals surface area contributed by atoms with Gasteiger partial charge in [-0.05, 0) is 26.0 Å². The number of hydrogen-bond acceptors (Lipinski definition) is 4. The van der Waals surface area contributed by atoms with Gasteiger partial charge in [0.05, 0.1) is 5.56 Å². The van der Waals surface area contributed by atoms with Crippen LogP contribution < -0.4 is 15.7 Å². The number of rotatable bonds is 4. The molecular formula is C15H14F3NO4. The quantitative estimate of drug-likeness (QED) is 0.876. The van der Waals surface area contributed by atoms with Crippen LogP contribution in [-0.4, -0.2) is 18.6 Å². The zero-order valence-corrected chi connectivity index (χ0v) is 12.4. The molecule has 0 saturated heterocycles. The minimum atomic E-state index is -4.67.